The smallest absolute Gasteiger partial charge is 0.181 e. The first-order chi connectivity index (χ1) is 7.40. The standard InChI is InChI=1S/C15H24O/c1-6-7-8-13(16)14-12(3)11(2)9-10-15(14,4)5/h7-8,11H,6,9-10H2,1-5H3/b8-7+. The van der Waals surface area contributed by atoms with Crippen molar-refractivity contribution < 1.29 is 4.79 Å². The summed E-state index contributed by atoms with van der Waals surface area (Å²) in [4.78, 5) is 12.2. The van der Waals surface area contributed by atoms with Crippen LogP contribution in [0.4, 0.5) is 0 Å². The highest BCUT2D eigenvalue weighted by molar-refractivity contribution is 6.05. The van der Waals surface area contributed by atoms with Crippen LogP contribution in [0.2, 0.25) is 0 Å². The Kier molecular flexibility index (Phi) is 4.12. The van der Waals surface area contributed by atoms with Crippen LogP contribution in [0.25, 0.3) is 0 Å². The van der Waals surface area contributed by atoms with Gasteiger partial charge in [-0.3, -0.25) is 4.79 Å². The fourth-order valence-corrected chi connectivity index (χ4v) is 2.54. The van der Waals surface area contributed by atoms with Gasteiger partial charge in [0.2, 0.25) is 0 Å². The first kappa shape index (κ1) is 13.2. The van der Waals surface area contributed by atoms with E-state index in [1.165, 1.54) is 12.0 Å². The summed E-state index contributed by atoms with van der Waals surface area (Å²) in [6, 6.07) is 0. The minimum Gasteiger partial charge on any atom is -0.290 e. The Labute approximate surface area is 99.6 Å². The van der Waals surface area contributed by atoms with Crippen LogP contribution in [-0.4, -0.2) is 5.78 Å². The molecule has 0 aromatic carbocycles. The highest BCUT2D eigenvalue weighted by Gasteiger charge is 2.34. The molecule has 0 aromatic heterocycles. The van der Waals surface area contributed by atoms with E-state index in [-0.39, 0.29) is 11.2 Å². The first-order valence-corrected chi connectivity index (χ1v) is 6.32. The number of carbonyl (C=O) groups is 1. The summed E-state index contributed by atoms with van der Waals surface area (Å²) in [5.74, 6) is 0.776. The lowest BCUT2D eigenvalue weighted by Gasteiger charge is -2.36. The maximum absolute atomic E-state index is 12.2. The molecule has 0 radical (unpaired) electrons. The molecule has 0 aliphatic heterocycles. The van der Waals surface area contributed by atoms with E-state index in [9.17, 15) is 4.79 Å². The van der Waals surface area contributed by atoms with Gasteiger partial charge >= 0.3 is 0 Å². The number of ketones is 1. The third kappa shape index (κ3) is 2.63. The third-order valence-electron chi connectivity index (χ3n) is 3.76. The normalized spacial score (nSPS) is 25.2. The molecule has 1 atom stereocenters. The van der Waals surface area contributed by atoms with Crippen LogP contribution in [0.5, 0.6) is 0 Å². The second kappa shape index (κ2) is 4.99. The zero-order valence-corrected chi connectivity index (χ0v) is 11.3. The van der Waals surface area contributed by atoms with E-state index in [0.29, 0.717) is 5.92 Å². The van der Waals surface area contributed by atoms with Gasteiger partial charge in [0, 0.05) is 5.57 Å². The van der Waals surface area contributed by atoms with Gasteiger partial charge in [0.15, 0.2) is 5.78 Å². The van der Waals surface area contributed by atoms with Crippen LogP contribution < -0.4 is 0 Å². The van der Waals surface area contributed by atoms with Gasteiger partial charge in [0.1, 0.15) is 0 Å². The second-order valence-corrected chi connectivity index (χ2v) is 5.56. The fraction of sp³-hybridized carbons (Fsp3) is 0.667. The molecule has 0 aromatic rings. The minimum atomic E-state index is 0.0474. The van der Waals surface area contributed by atoms with Gasteiger partial charge in [-0.1, -0.05) is 39.3 Å². The number of allylic oxidation sites excluding steroid dienone is 4. The van der Waals surface area contributed by atoms with Gasteiger partial charge in [-0.25, -0.2) is 0 Å². The van der Waals surface area contributed by atoms with Crippen LogP contribution in [0, 0.1) is 11.3 Å². The van der Waals surface area contributed by atoms with Crippen molar-refractivity contribution in [2.45, 2.75) is 53.9 Å². The molecule has 16 heavy (non-hydrogen) atoms. The molecule has 0 amide bonds. The number of carbonyl (C=O) groups excluding carboxylic acids is 1. The molecule has 0 saturated heterocycles. The molecule has 1 unspecified atom stereocenters. The van der Waals surface area contributed by atoms with Crippen molar-refractivity contribution in [3.63, 3.8) is 0 Å². The summed E-state index contributed by atoms with van der Waals surface area (Å²) >= 11 is 0. The van der Waals surface area contributed by atoms with Crippen molar-refractivity contribution in [1.82, 2.24) is 0 Å². The van der Waals surface area contributed by atoms with Crippen LogP contribution in [0.1, 0.15) is 53.9 Å². The van der Waals surface area contributed by atoms with Crippen molar-refractivity contribution in [1.29, 1.82) is 0 Å². The minimum absolute atomic E-state index is 0.0474. The molecule has 1 heteroatoms. The Morgan fingerprint density at radius 2 is 2.12 bits per heavy atom. The zero-order chi connectivity index (χ0) is 12.3. The highest BCUT2D eigenvalue weighted by Crippen LogP contribution is 2.43. The van der Waals surface area contributed by atoms with E-state index in [1.54, 1.807) is 6.08 Å². The van der Waals surface area contributed by atoms with E-state index >= 15 is 0 Å². The lowest BCUT2D eigenvalue weighted by Crippen LogP contribution is -2.28. The largest absolute Gasteiger partial charge is 0.290 e. The van der Waals surface area contributed by atoms with Crippen molar-refractivity contribution in [2.24, 2.45) is 11.3 Å². The van der Waals surface area contributed by atoms with Crippen LogP contribution in [0.15, 0.2) is 23.3 Å². The van der Waals surface area contributed by atoms with Crippen molar-refractivity contribution >= 4 is 5.78 Å². The predicted molar refractivity (Wildman–Crippen MR) is 69.3 cm³/mol. The van der Waals surface area contributed by atoms with E-state index in [4.69, 9.17) is 0 Å². The van der Waals surface area contributed by atoms with Gasteiger partial charge in [0.05, 0.1) is 0 Å². The molecular formula is C15H24O. The molecule has 0 heterocycles. The number of hydrogen-bond acceptors (Lipinski definition) is 1. The van der Waals surface area contributed by atoms with Crippen LogP contribution in [-0.2, 0) is 4.79 Å². The van der Waals surface area contributed by atoms with Gasteiger partial charge in [-0.05, 0) is 43.6 Å². The summed E-state index contributed by atoms with van der Waals surface area (Å²) in [7, 11) is 0. The SMILES string of the molecule is CC/C=C/C(=O)C1=C(C)C(C)CCC1(C)C. The molecule has 90 valence electrons. The van der Waals surface area contributed by atoms with Gasteiger partial charge < -0.3 is 0 Å². The van der Waals surface area contributed by atoms with E-state index < -0.39 is 0 Å². The van der Waals surface area contributed by atoms with Gasteiger partial charge in [0.25, 0.3) is 0 Å². The Morgan fingerprint density at radius 3 is 2.69 bits per heavy atom. The van der Waals surface area contributed by atoms with Crippen LogP contribution >= 0.6 is 0 Å². The monoisotopic (exact) mass is 220 g/mol. The average molecular weight is 220 g/mol. The molecule has 0 N–H and O–H groups in total. The number of hydrogen-bond donors (Lipinski definition) is 0. The highest BCUT2D eigenvalue weighted by atomic mass is 16.1. The summed E-state index contributed by atoms with van der Waals surface area (Å²) in [5.41, 5.74) is 2.39. The summed E-state index contributed by atoms with van der Waals surface area (Å²) in [6.45, 7) is 10.8. The second-order valence-electron chi connectivity index (χ2n) is 5.56. The topological polar surface area (TPSA) is 17.1 Å². The van der Waals surface area contributed by atoms with E-state index in [2.05, 4.69) is 34.6 Å². The maximum Gasteiger partial charge on any atom is 0.181 e. The Hall–Kier alpha value is -0.850. The van der Waals surface area contributed by atoms with Crippen LogP contribution in [0.3, 0.4) is 0 Å². The molecule has 0 saturated carbocycles. The maximum atomic E-state index is 12.2. The molecular weight excluding hydrogens is 196 g/mol. The van der Waals surface area contributed by atoms with E-state index in [1.807, 2.05) is 6.08 Å². The van der Waals surface area contributed by atoms with E-state index in [0.717, 1.165) is 18.4 Å². The molecule has 1 nitrogen and oxygen atoms in total. The average Bonchev–Trinajstić information content (AvgIpc) is 2.21. The zero-order valence-electron chi connectivity index (χ0n) is 11.3. The Bertz CT molecular complexity index is 331. The molecule has 0 bridgehead atoms. The molecule has 1 aliphatic rings. The van der Waals surface area contributed by atoms with Crippen molar-refractivity contribution in [3.05, 3.63) is 23.3 Å². The third-order valence-corrected chi connectivity index (χ3v) is 3.76. The molecule has 1 rings (SSSR count). The quantitative estimate of drug-likeness (QED) is 0.648. The lowest BCUT2D eigenvalue weighted by molar-refractivity contribution is -0.112. The van der Waals surface area contributed by atoms with Crippen molar-refractivity contribution in [3.8, 4) is 0 Å². The van der Waals surface area contributed by atoms with Gasteiger partial charge in [-0.15, -0.1) is 0 Å². The lowest BCUT2D eigenvalue weighted by atomic mass is 9.68. The Morgan fingerprint density at radius 1 is 1.50 bits per heavy atom. The Balaban J connectivity index is 3.09. The molecule has 0 fully saturated rings. The molecule has 1 aliphatic carbocycles. The summed E-state index contributed by atoms with van der Waals surface area (Å²) in [6.07, 6.45) is 6.95. The summed E-state index contributed by atoms with van der Waals surface area (Å²) < 4.78 is 0. The number of rotatable bonds is 3. The fourth-order valence-electron chi connectivity index (χ4n) is 2.54. The first-order valence-electron chi connectivity index (χ1n) is 6.32. The van der Waals surface area contributed by atoms with Crippen molar-refractivity contribution in [2.75, 3.05) is 0 Å². The molecule has 0 spiro atoms. The predicted octanol–water partition coefficient (Wildman–Crippen LogP) is 4.29. The summed E-state index contributed by atoms with van der Waals surface area (Å²) in [5, 5.41) is 0. The van der Waals surface area contributed by atoms with Gasteiger partial charge in [-0.2, -0.15) is 0 Å².